The molecule has 1 amide bonds. The second-order valence-electron chi connectivity index (χ2n) is 6.79. The molecule has 1 fully saturated rings. The predicted molar refractivity (Wildman–Crippen MR) is 123 cm³/mol. The number of nitrogens with one attached hydrogen (secondary N) is 1. The molecule has 31 heavy (non-hydrogen) atoms. The first-order valence-electron chi connectivity index (χ1n) is 9.54. The van der Waals surface area contributed by atoms with Crippen LogP contribution in [0.4, 0.5) is 5.69 Å². The molecular formula is C20H18Cl2N4O3S2. The predicted octanol–water partition coefficient (Wildman–Crippen LogP) is 5.56. The third-order valence-electron chi connectivity index (χ3n) is 4.48. The minimum absolute atomic E-state index is 0.139. The molecule has 162 valence electrons. The van der Waals surface area contributed by atoms with Gasteiger partial charge in [-0.1, -0.05) is 41.0 Å². The van der Waals surface area contributed by atoms with E-state index < -0.39 is 5.97 Å². The van der Waals surface area contributed by atoms with E-state index in [1.807, 2.05) is 4.57 Å². The number of thioether (sulfide) groups is 1. The van der Waals surface area contributed by atoms with Gasteiger partial charge < -0.3 is 14.6 Å². The SMILES string of the molecule is CCOC(=O)c1sc(-c2ccc(Cl)cc2Cl)cc1NC(=O)CSc1nncn1C1CC1. The van der Waals surface area contributed by atoms with E-state index in [9.17, 15) is 9.59 Å². The van der Waals surface area contributed by atoms with E-state index in [-0.39, 0.29) is 18.3 Å². The third kappa shape index (κ3) is 5.23. The lowest BCUT2D eigenvalue weighted by Crippen LogP contribution is -2.16. The maximum atomic E-state index is 12.6. The number of halogens is 2. The summed E-state index contributed by atoms with van der Waals surface area (Å²) < 4.78 is 7.15. The van der Waals surface area contributed by atoms with Crippen LogP contribution in [0.5, 0.6) is 0 Å². The van der Waals surface area contributed by atoms with Crippen molar-refractivity contribution < 1.29 is 14.3 Å². The number of benzene rings is 1. The third-order valence-corrected chi connectivity index (χ3v) is 7.13. The number of hydrogen-bond donors (Lipinski definition) is 1. The quantitative estimate of drug-likeness (QED) is 0.324. The number of amides is 1. The van der Waals surface area contributed by atoms with E-state index in [1.165, 1.54) is 23.1 Å². The Morgan fingerprint density at radius 1 is 1.32 bits per heavy atom. The monoisotopic (exact) mass is 496 g/mol. The first-order chi connectivity index (χ1) is 15.0. The molecule has 1 saturated carbocycles. The summed E-state index contributed by atoms with van der Waals surface area (Å²) in [7, 11) is 0. The van der Waals surface area contributed by atoms with Crippen molar-refractivity contribution in [2.45, 2.75) is 31.0 Å². The lowest BCUT2D eigenvalue weighted by molar-refractivity contribution is -0.113. The number of esters is 1. The second kappa shape index (κ2) is 9.60. The van der Waals surface area contributed by atoms with Crippen LogP contribution in [0.25, 0.3) is 10.4 Å². The van der Waals surface area contributed by atoms with E-state index in [2.05, 4.69) is 15.5 Å². The Labute approximate surface area is 197 Å². The number of thiophene rings is 1. The molecule has 7 nitrogen and oxygen atoms in total. The highest BCUT2D eigenvalue weighted by molar-refractivity contribution is 7.99. The first kappa shape index (κ1) is 22.1. The molecule has 1 aliphatic rings. The summed E-state index contributed by atoms with van der Waals surface area (Å²) in [4.78, 5) is 26.1. The molecule has 0 aliphatic heterocycles. The number of carbonyl (C=O) groups is 2. The van der Waals surface area contributed by atoms with Crippen molar-refractivity contribution in [1.29, 1.82) is 0 Å². The molecule has 0 spiro atoms. The average Bonchev–Trinajstić information content (AvgIpc) is 3.32. The van der Waals surface area contributed by atoms with Gasteiger partial charge in [0.25, 0.3) is 0 Å². The highest BCUT2D eigenvalue weighted by atomic mass is 35.5. The van der Waals surface area contributed by atoms with E-state index in [1.54, 1.807) is 37.5 Å². The summed E-state index contributed by atoms with van der Waals surface area (Å²) in [5.41, 5.74) is 1.10. The van der Waals surface area contributed by atoms with Crippen molar-refractivity contribution in [2.75, 3.05) is 17.7 Å². The highest BCUT2D eigenvalue weighted by Crippen LogP contribution is 2.40. The maximum Gasteiger partial charge on any atom is 0.350 e. The summed E-state index contributed by atoms with van der Waals surface area (Å²) in [5.74, 6) is -0.617. The lowest BCUT2D eigenvalue weighted by atomic mass is 10.2. The summed E-state index contributed by atoms with van der Waals surface area (Å²) in [6.07, 6.45) is 3.90. The largest absolute Gasteiger partial charge is 0.462 e. The van der Waals surface area contributed by atoms with Gasteiger partial charge in [0.15, 0.2) is 5.16 Å². The van der Waals surface area contributed by atoms with Gasteiger partial charge in [0.2, 0.25) is 5.91 Å². The minimum Gasteiger partial charge on any atom is -0.462 e. The Bertz CT molecular complexity index is 1130. The van der Waals surface area contributed by atoms with Crippen LogP contribution in [0.3, 0.4) is 0 Å². The van der Waals surface area contributed by atoms with E-state index in [0.29, 0.717) is 37.4 Å². The van der Waals surface area contributed by atoms with Crippen LogP contribution in [0.2, 0.25) is 10.0 Å². The first-order valence-corrected chi connectivity index (χ1v) is 12.1. The molecule has 0 radical (unpaired) electrons. The Morgan fingerprint density at radius 3 is 2.84 bits per heavy atom. The number of aromatic nitrogens is 3. The Balaban J connectivity index is 1.52. The number of hydrogen-bond acceptors (Lipinski definition) is 7. The summed E-state index contributed by atoms with van der Waals surface area (Å²) >= 11 is 14.8. The average molecular weight is 497 g/mol. The van der Waals surface area contributed by atoms with Crippen molar-refractivity contribution in [2.24, 2.45) is 0 Å². The molecular weight excluding hydrogens is 479 g/mol. The maximum absolute atomic E-state index is 12.6. The fourth-order valence-corrected chi connectivity index (χ4v) is 5.30. The molecule has 2 aromatic heterocycles. The van der Waals surface area contributed by atoms with Crippen LogP contribution in [-0.2, 0) is 9.53 Å². The van der Waals surface area contributed by atoms with Crippen LogP contribution in [-0.4, -0.2) is 39.0 Å². The Hall–Kier alpha value is -2.07. The number of nitrogens with zero attached hydrogens (tertiary/aromatic N) is 3. The van der Waals surface area contributed by atoms with Gasteiger partial charge in [-0.15, -0.1) is 21.5 Å². The minimum atomic E-state index is -0.500. The van der Waals surface area contributed by atoms with Gasteiger partial charge in [-0.2, -0.15) is 0 Å². The summed E-state index contributed by atoms with van der Waals surface area (Å²) in [5, 5.41) is 12.5. The topological polar surface area (TPSA) is 86.1 Å². The van der Waals surface area contributed by atoms with Gasteiger partial charge in [0, 0.05) is 21.5 Å². The van der Waals surface area contributed by atoms with Gasteiger partial charge >= 0.3 is 5.97 Å². The van der Waals surface area contributed by atoms with Crippen LogP contribution in [0, 0.1) is 0 Å². The molecule has 0 bridgehead atoms. The van der Waals surface area contributed by atoms with Gasteiger partial charge in [0.1, 0.15) is 11.2 Å². The smallest absolute Gasteiger partial charge is 0.350 e. The number of anilines is 1. The standard InChI is InChI=1S/C20H18Cl2N4O3S2/c1-2-29-19(28)18-15(8-16(31-18)13-6-3-11(21)7-14(13)22)24-17(27)9-30-20-25-23-10-26(20)12-4-5-12/h3,6-8,10,12H,2,4-5,9H2,1H3,(H,24,27). The molecule has 4 rings (SSSR count). The second-order valence-corrected chi connectivity index (χ2v) is 9.63. The van der Waals surface area contributed by atoms with Crippen LogP contribution >= 0.6 is 46.3 Å². The fourth-order valence-electron chi connectivity index (χ4n) is 2.91. The molecule has 0 unspecified atom stereocenters. The van der Waals surface area contributed by atoms with Crippen LogP contribution in [0.1, 0.15) is 35.5 Å². The van der Waals surface area contributed by atoms with Crippen LogP contribution in [0.15, 0.2) is 35.7 Å². The van der Waals surface area contributed by atoms with E-state index in [4.69, 9.17) is 27.9 Å². The van der Waals surface area contributed by atoms with Gasteiger partial charge in [0.05, 0.1) is 23.1 Å². The normalized spacial score (nSPS) is 13.3. The Kier molecular flexibility index (Phi) is 6.86. The highest BCUT2D eigenvalue weighted by Gasteiger charge is 2.27. The molecule has 3 aromatic rings. The fraction of sp³-hybridized carbons (Fsp3) is 0.300. The molecule has 0 saturated heterocycles. The zero-order chi connectivity index (χ0) is 22.0. The molecule has 1 aromatic carbocycles. The van der Waals surface area contributed by atoms with Crippen molar-refractivity contribution in [3.8, 4) is 10.4 Å². The van der Waals surface area contributed by atoms with Gasteiger partial charge in [-0.05, 0) is 38.0 Å². The zero-order valence-corrected chi connectivity index (χ0v) is 19.6. The zero-order valence-electron chi connectivity index (χ0n) is 16.4. The van der Waals surface area contributed by atoms with Crippen LogP contribution < -0.4 is 5.32 Å². The summed E-state index contributed by atoms with van der Waals surface area (Å²) in [6, 6.07) is 7.28. The number of ether oxygens (including phenoxy) is 1. The van der Waals surface area contributed by atoms with Crippen molar-refractivity contribution in [3.05, 3.63) is 45.5 Å². The molecule has 2 heterocycles. The summed E-state index contributed by atoms with van der Waals surface area (Å²) in [6.45, 7) is 1.96. The molecule has 1 N–H and O–H groups in total. The van der Waals surface area contributed by atoms with Crippen molar-refractivity contribution in [3.63, 3.8) is 0 Å². The Morgan fingerprint density at radius 2 is 2.13 bits per heavy atom. The van der Waals surface area contributed by atoms with Crippen molar-refractivity contribution in [1.82, 2.24) is 14.8 Å². The van der Waals surface area contributed by atoms with Crippen molar-refractivity contribution >= 4 is 63.9 Å². The van der Waals surface area contributed by atoms with Gasteiger partial charge in [-0.3, -0.25) is 4.79 Å². The molecule has 1 aliphatic carbocycles. The lowest BCUT2D eigenvalue weighted by Gasteiger charge is -2.06. The number of rotatable bonds is 8. The molecule has 0 atom stereocenters. The van der Waals surface area contributed by atoms with E-state index >= 15 is 0 Å². The van der Waals surface area contributed by atoms with E-state index in [0.717, 1.165) is 17.7 Å². The number of carbonyl (C=O) groups excluding carboxylic acids is 2. The van der Waals surface area contributed by atoms with Gasteiger partial charge in [-0.25, -0.2) is 4.79 Å². The molecule has 11 heteroatoms.